The van der Waals surface area contributed by atoms with Gasteiger partial charge in [-0.1, -0.05) is 44.2 Å². The molecule has 1 aliphatic heterocycles. The number of nitrogens with one attached hydrogen (secondary N) is 3. The summed E-state index contributed by atoms with van der Waals surface area (Å²) in [5.41, 5.74) is 1.54. The van der Waals surface area contributed by atoms with E-state index in [4.69, 9.17) is 4.74 Å². The Morgan fingerprint density at radius 1 is 0.955 bits per heavy atom. The fraction of sp³-hybridized carbons (Fsp3) is 0.484. The molecule has 3 aromatic rings. The molecule has 0 saturated heterocycles. The van der Waals surface area contributed by atoms with E-state index >= 15 is 0 Å². The van der Waals surface area contributed by atoms with E-state index in [1.165, 1.54) is 29.8 Å². The van der Waals surface area contributed by atoms with Crippen molar-refractivity contribution in [2.24, 2.45) is 5.92 Å². The molecule has 2 aromatic heterocycles. The third kappa shape index (κ3) is 9.66. The van der Waals surface area contributed by atoms with Gasteiger partial charge in [0.05, 0.1) is 12.1 Å². The number of thiazole rings is 2. The lowest BCUT2D eigenvalue weighted by Gasteiger charge is -2.23. The number of fused-ring (bicyclic) bond motifs is 4. The lowest BCUT2D eigenvalue weighted by atomic mass is 10.0. The van der Waals surface area contributed by atoms with Gasteiger partial charge in [0.15, 0.2) is 0 Å². The summed E-state index contributed by atoms with van der Waals surface area (Å²) in [7, 11) is 1.47. The summed E-state index contributed by atoms with van der Waals surface area (Å²) >= 11 is 2.65. The number of methoxy groups -OCH3 is 1. The summed E-state index contributed by atoms with van der Waals surface area (Å²) in [5.74, 6) is -0.706. The van der Waals surface area contributed by atoms with E-state index in [2.05, 4.69) is 39.8 Å². The average Bonchev–Trinajstić information content (AvgIpc) is 3.69. The molecule has 4 bridgehead atoms. The smallest absolute Gasteiger partial charge is 0.271 e. The van der Waals surface area contributed by atoms with Gasteiger partial charge in [0.2, 0.25) is 11.8 Å². The molecule has 4 amide bonds. The van der Waals surface area contributed by atoms with Crippen LogP contribution in [0.5, 0.6) is 0 Å². The Bertz CT molecular complexity index is 1410. The van der Waals surface area contributed by atoms with E-state index in [0.29, 0.717) is 55.3 Å². The molecule has 0 spiro atoms. The molecular formula is C31H40N6O5S2. The molecule has 44 heavy (non-hydrogen) atoms. The van der Waals surface area contributed by atoms with Gasteiger partial charge in [-0.05, 0) is 37.2 Å². The molecule has 0 unspecified atom stereocenters. The molecule has 3 heterocycles. The summed E-state index contributed by atoms with van der Waals surface area (Å²) in [6.45, 7) is 5.23. The van der Waals surface area contributed by atoms with Crippen LogP contribution in [0.2, 0.25) is 0 Å². The van der Waals surface area contributed by atoms with Crippen molar-refractivity contribution in [3.05, 3.63) is 68.1 Å². The maximum absolute atomic E-state index is 13.5. The third-order valence-electron chi connectivity index (χ3n) is 7.08. The summed E-state index contributed by atoms with van der Waals surface area (Å²) in [6, 6.07) is 8.94. The molecule has 13 heteroatoms. The Kier molecular flexibility index (Phi) is 12.4. The fourth-order valence-corrected chi connectivity index (χ4v) is 6.63. The number of nitrogens with zero attached hydrogens (tertiary/aromatic N) is 3. The minimum absolute atomic E-state index is 0.0557. The van der Waals surface area contributed by atoms with Crippen LogP contribution in [0.15, 0.2) is 41.1 Å². The van der Waals surface area contributed by atoms with Crippen molar-refractivity contribution >= 4 is 46.3 Å². The number of carbonyl (C=O) groups is 4. The summed E-state index contributed by atoms with van der Waals surface area (Å²) in [4.78, 5) is 62.9. The predicted octanol–water partition coefficient (Wildman–Crippen LogP) is 3.91. The van der Waals surface area contributed by atoms with Crippen LogP contribution in [0.4, 0.5) is 0 Å². The van der Waals surface area contributed by atoms with Crippen LogP contribution in [0.3, 0.4) is 0 Å². The zero-order valence-corrected chi connectivity index (χ0v) is 27.0. The molecule has 0 fully saturated rings. The first-order valence-electron chi connectivity index (χ1n) is 14.8. The number of ether oxygens (including phenoxy) is 1. The van der Waals surface area contributed by atoms with Crippen LogP contribution in [-0.2, 0) is 20.7 Å². The molecule has 0 radical (unpaired) electrons. The van der Waals surface area contributed by atoms with Gasteiger partial charge in [0.25, 0.3) is 11.8 Å². The zero-order valence-electron chi connectivity index (χ0n) is 25.3. The van der Waals surface area contributed by atoms with E-state index in [0.717, 1.165) is 5.56 Å². The monoisotopic (exact) mass is 640 g/mol. The highest BCUT2D eigenvalue weighted by molar-refractivity contribution is 7.10. The van der Waals surface area contributed by atoms with Gasteiger partial charge < -0.3 is 25.6 Å². The first-order chi connectivity index (χ1) is 21.2. The Balaban J connectivity index is 1.61. The lowest BCUT2D eigenvalue weighted by Crippen LogP contribution is -2.38. The SMILES string of the molecule is COCC(=O)N1CCCNC(=O)c2csc(n2)[C@H](Cc2ccccc2)NC(=O)c2csc(n2)[C@H](CC(C)C)NC(=O)CCC1. The Morgan fingerprint density at radius 2 is 1.61 bits per heavy atom. The molecule has 3 N–H and O–H groups in total. The van der Waals surface area contributed by atoms with Gasteiger partial charge >= 0.3 is 0 Å². The van der Waals surface area contributed by atoms with E-state index in [1.807, 2.05) is 30.3 Å². The molecule has 1 aliphatic rings. The van der Waals surface area contributed by atoms with Crippen molar-refractivity contribution in [1.82, 2.24) is 30.8 Å². The summed E-state index contributed by atoms with van der Waals surface area (Å²) in [5, 5.41) is 13.7. The Hall–Kier alpha value is -3.68. The third-order valence-corrected chi connectivity index (χ3v) is 9.00. The summed E-state index contributed by atoms with van der Waals surface area (Å²) < 4.78 is 5.04. The maximum atomic E-state index is 13.5. The number of aromatic nitrogens is 2. The molecule has 236 valence electrons. The second-order valence-electron chi connectivity index (χ2n) is 11.1. The van der Waals surface area contributed by atoms with E-state index in [-0.39, 0.29) is 60.0 Å². The van der Waals surface area contributed by atoms with Crippen LogP contribution >= 0.6 is 22.7 Å². The fourth-order valence-electron chi connectivity index (χ4n) is 4.91. The molecule has 11 nitrogen and oxygen atoms in total. The highest BCUT2D eigenvalue weighted by Gasteiger charge is 2.25. The van der Waals surface area contributed by atoms with Gasteiger partial charge in [-0.2, -0.15) is 0 Å². The number of benzene rings is 1. The normalized spacial score (nSPS) is 19.1. The number of rotatable bonds is 6. The van der Waals surface area contributed by atoms with Crippen LogP contribution in [0, 0.1) is 5.92 Å². The summed E-state index contributed by atoms with van der Waals surface area (Å²) in [6.07, 6.45) is 2.37. The minimum Gasteiger partial charge on any atom is -0.375 e. The van der Waals surface area contributed by atoms with Crippen LogP contribution < -0.4 is 16.0 Å². The second kappa shape index (κ2) is 16.4. The lowest BCUT2D eigenvalue weighted by molar-refractivity contribution is -0.135. The van der Waals surface area contributed by atoms with Gasteiger partial charge in [-0.25, -0.2) is 9.97 Å². The van der Waals surface area contributed by atoms with Gasteiger partial charge in [-0.15, -0.1) is 22.7 Å². The first-order valence-corrected chi connectivity index (χ1v) is 16.6. The van der Waals surface area contributed by atoms with Crippen LogP contribution in [-0.4, -0.2) is 71.8 Å². The number of carbonyl (C=O) groups excluding carboxylic acids is 4. The van der Waals surface area contributed by atoms with Gasteiger partial charge in [0, 0.05) is 43.9 Å². The van der Waals surface area contributed by atoms with Crippen molar-refractivity contribution in [2.45, 2.75) is 58.0 Å². The standard InChI is InChI=1S/C31H40N6O5S2/c1-20(2)15-22-30-36-25(19-44-30)29(41)34-23(16-21-9-5-4-6-10-21)31-35-24(18-43-31)28(40)32-12-8-14-37(27(39)17-42-3)13-7-11-26(38)33-22/h4-6,9-10,18-20,22-23H,7-8,11-17H2,1-3H3,(H,32,40)(H,33,38)(H,34,41)/t22-,23-/m0/s1. The van der Waals surface area contributed by atoms with Crippen LogP contribution in [0.25, 0.3) is 0 Å². The van der Waals surface area contributed by atoms with Crippen molar-refractivity contribution in [1.29, 1.82) is 0 Å². The molecule has 1 aromatic carbocycles. The molecular weight excluding hydrogens is 601 g/mol. The molecule has 2 atom stereocenters. The van der Waals surface area contributed by atoms with Gasteiger partial charge in [0.1, 0.15) is 28.0 Å². The van der Waals surface area contributed by atoms with E-state index in [9.17, 15) is 19.2 Å². The Morgan fingerprint density at radius 3 is 2.30 bits per heavy atom. The molecule has 0 saturated carbocycles. The maximum Gasteiger partial charge on any atom is 0.271 e. The Labute approximate surface area is 265 Å². The second-order valence-corrected chi connectivity index (χ2v) is 12.9. The minimum atomic E-state index is -0.484. The van der Waals surface area contributed by atoms with Crippen molar-refractivity contribution < 1.29 is 23.9 Å². The molecule has 4 rings (SSSR count). The highest BCUT2D eigenvalue weighted by atomic mass is 32.1. The quantitative estimate of drug-likeness (QED) is 0.371. The van der Waals surface area contributed by atoms with Crippen LogP contribution in [0.1, 0.15) is 88.2 Å². The largest absolute Gasteiger partial charge is 0.375 e. The average molecular weight is 641 g/mol. The van der Waals surface area contributed by atoms with E-state index in [1.54, 1.807) is 15.7 Å². The van der Waals surface area contributed by atoms with Crippen molar-refractivity contribution in [3.63, 3.8) is 0 Å². The molecule has 0 aliphatic carbocycles. The first kappa shape index (κ1) is 33.2. The number of amides is 4. The van der Waals surface area contributed by atoms with E-state index < -0.39 is 6.04 Å². The topological polar surface area (TPSA) is 143 Å². The van der Waals surface area contributed by atoms with Crippen molar-refractivity contribution in [3.8, 4) is 0 Å². The highest BCUT2D eigenvalue weighted by Crippen LogP contribution is 2.27. The van der Waals surface area contributed by atoms with Crippen molar-refractivity contribution in [2.75, 3.05) is 33.4 Å². The zero-order chi connectivity index (χ0) is 31.5. The van der Waals surface area contributed by atoms with Gasteiger partial charge in [-0.3, -0.25) is 19.2 Å². The predicted molar refractivity (Wildman–Crippen MR) is 170 cm³/mol. The number of hydrogen-bond donors (Lipinski definition) is 3. The number of hydrogen-bond acceptors (Lipinski definition) is 9.